The summed E-state index contributed by atoms with van der Waals surface area (Å²) in [6, 6.07) is 26.3. The number of benzene rings is 3. The zero-order valence-electron chi connectivity index (χ0n) is 16.1. The third-order valence-corrected chi connectivity index (χ3v) is 5.53. The van der Waals surface area contributed by atoms with Gasteiger partial charge in [0.15, 0.2) is 0 Å². The van der Waals surface area contributed by atoms with E-state index >= 15 is 0 Å². The lowest BCUT2D eigenvalue weighted by atomic mass is 9.91. The molecular weight excluding hydrogens is 396 g/mol. The molecule has 0 fully saturated rings. The van der Waals surface area contributed by atoms with Gasteiger partial charge in [-0.2, -0.15) is 5.10 Å². The average Bonchev–Trinajstić information content (AvgIpc) is 3.46. The van der Waals surface area contributed by atoms with Gasteiger partial charge in [0.25, 0.3) is 0 Å². The van der Waals surface area contributed by atoms with Crippen molar-refractivity contribution < 1.29 is 4.74 Å². The molecule has 1 aromatic heterocycles. The normalized spacial score (nSPS) is 18.1. The lowest BCUT2D eigenvalue weighted by Crippen LogP contribution is -2.31. The van der Waals surface area contributed by atoms with Gasteiger partial charge in [0.1, 0.15) is 24.8 Å². The molecule has 0 bridgehead atoms. The standard InChI is InChI=1S/C24H19ClN4O/c25-22-12-10-19(11-13-22)18-6-8-20(9-7-18)23-28-24(15-30-23,14-29-17-26-16-27-29)21-4-2-1-3-5-21/h1-13,16-17H,14-15H2. The van der Waals surface area contributed by atoms with Crippen LogP contribution in [0.25, 0.3) is 11.1 Å². The summed E-state index contributed by atoms with van der Waals surface area (Å²) < 4.78 is 7.89. The minimum atomic E-state index is -0.543. The van der Waals surface area contributed by atoms with Crippen molar-refractivity contribution in [3.05, 3.63) is 108 Å². The second-order valence-electron chi connectivity index (χ2n) is 7.28. The van der Waals surface area contributed by atoms with Crippen molar-refractivity contribution in [3.63, 3.8) is 0 Å². The Morgan fingerprint density at radius 2 is 1.53 bits per heavy atom. The maximum absolute atomic E-state index is 6.09. The Balaban J connectivity index is 1.47. The number of rotatable bonds is 5. The van der Waals surface area contributed by atoms with E-state index in [1.165, 1.54) is 6.33 Å². The van der Waals surface area contributed by atoms with Crippen LogP contribution in [0.1, 0.15) is 11.1 Å². The minimum absolute atomic E-state index is 0.450. The molecule has 0 saturated heterocycles. The summed E-state index contributed by atoms with van der Waals surface area (Å²) in [5.41, 5.74) is 3.73. The number of hydrogen-bond donors (Lipinski definition) is 0. The monoisotopic (exact) mass is 414 g/mol. The van der Waals surface area contributed by atoms with E-state index < -0.39 is 5.54 Å². The van der Waals surface area contributed by atoms with Crippen LogP contribution in [0.2, 0.25) is 5.02 Å². The van der Waals surface area contributed by atoms with Crippen LogP contribution in [0, 0.1) is 0 Å². The summed E-state index contributed by atoms with van der Waals surface area (Å²) in [4.78, 5) is 9.10. The molecule has 0 saturated carbocycles. The topological polar surface area (TPSA) is 52.3 Å². The molecule has 5 rings (SSSR count). The van der Waals surface area contributed by atoms with E-state index in [9.17, 15) is 0 Å². The molecule has 0 spiro atoms. The van der Waals surface area contributed by atoms with Crippen molar-refractivity contribution in [1.29, 1.82) is 0 Å². The fourth-order valence-electron chi connectivity index (χ4n) is 3.69. The van der Waals surface area contributed by atoms with E-state index in [1.807, 2.05) is 54.6 Å². The molecule has 3 aromatic carbocycles. The number of nitrogens with zero attached hydrogens (tertiary/aromatic N) is 4. The van der Waals surface area contributed by atoms with Crippen molar-refractivity contribution in [1.82, 2.24) is 14.8 Å². The van der Waals surface area contributed by atoms with Gasteiger partial charge in [0, 0.05) is 10.6 Å². The molecule has 1 atom stereocenters. The summed E-state index contributed by atoms with van der Waals surface area (Å²) >= 11 is 6.00. The molecule has 1 unspecified atom stereocenters. The Labute approximate surface area is 179 Å². The average molecular weight is 415 g/mol. The second-order valence-corrected chi connectivity index (χ2v) is 7.72. The number of hydrogen-bond acceptors (Lipinski definition) is 4. The first-order valence-corrected chi connectivity index (χ1v) is 10.1. The van der Waals surface area contributed by atoms with Gasteiger partial charge < -0.3 is 4.74 Å². The van der Waals surface area contributed by atoms with Crippen molar-refractivity contribution >= 4 is 17.5 Å². The first kappa shape index (κ1) is 18.6. The van der Waals surface area contributed by atoms with E-state index in [0.717, 1.165) is 27.3 Å². The van der Waals surface area contributed by atoms with Gasteiger partial charge >= 0.3 is 0 Å². The fraction of sp³-hybridized carbons (Fsp3) is 0.125. The van der Waals surface area contributed by atoms with Crippen LogP contribution >= 0.6 is 11.6 Å². The predicted octanol–water partition coefficient (Wildman–Crippen LogP) is 4.97. The van der Waals surface area contributed by atoms with E-state index in [-0.39, 0.29) is 0 Å². The predicted molar refractivity (Wildman–Crippen MR) is 118 cm³/mol. The molecule has 2 heterocycles. The van der Waals surface area contributed by atoms with Crippen LogP contribution in [0.5, 0.6) is 0 Å². The molecule has 5 nitrogen and oxygen atoms in total. The van der Waals surface area contributed by atoms with E-state index in [0.29, 0.717) is 19.0 Å². The summed E-state index contributed by atoms with van der Waals surface area (Å²) in [7, 11) is 0. The fourth-order valence-corrected chi connectivity index (χ4v) is 3.82. The van der Waals surface area contributed by atoms with E-state index in [2.05, 4.69) is 34.3 Å². The maximum Gasteiger partial charge on any atom is 0.217 e. The van der Waals surface area contributed by atoms with Gasteiger partial charge in [-0.25, -0.2) is 9.98 Å². The Morgan fingerprint density at radius 1 is 0.867 bits per heavy atom. The Bertz CT molecular complexity index is 1160. The highest BCUT2D eigenvalue weighted by molar-refractivity contribution is 6.30. The molecule has 6 heteroatoms. The molecule has 0 amide bonds. The SMILES string of the molecule is Clc1ccc(-c2ccc(C3=NC(Cn4cncn4)(c4ccccc4)CO3)cc2)cc1. The third-order valence-electron chi connectivity index (χ3n) is 5.27. The molecule has 30 heavy (non-hydrogen) atoms. The van der Waals surface area contributed by atoms with Crippen molar-refractivity contribution in [3.8, 4) is 11.1 Å². The summed E-state index contributed by atoms with van der Waals surface area (Å²) in [6.45, 7) is 1.01. The first-order chi connectivity index (χ1) is 14.7. The second kappa shape index (κ2) is 7.76. The third kappa shape index (κ3) is 3.60. The zero-order chi connectivity index (χ0) is 20.4. The Morgan fingerprint density at radius 3 is 2.20 bits per heavy atom. The van der Waals surface area contributed by atoms with Gasteiger partial charge in [0.05, 0.1) is 6.54 Å². The van der Waals surface area contributed by atoms with Crippen LogP contribution < -0.4 is 0 Å². The minimum Gasteiger partial charge on any atom is -0.474 e. The van der Waals surface area contributed by atoms with Gasteiger partial charge in [-0.3, -0.25) is 4.68 Å². The van der Waals surface area contributed by atoms with Crippen LogP contribution in [-0.2, 0) is 16.8 Å². The van der Waals surface area contributed by atoms with E-state index in [4.69, 9.17) is 21.3 Å². The first-order valence-electron chi connectivity index (χ1n) is 9.69. The number of aliphatic imine (C=N–C) groups is 1. The van der Waals surface area contributed by atoms with Crippen LogP contribution in [0.15, 0.2) is 96.5 Å². The summed E-state index contributed by atoms with van der Waals surface area (Å²) in [6.07, 6.45) is 3.24. The van der Waals surface area contributed by atoms with Crippen molar-refractivity contribution in [2.45, 2.75) is 12.1 Å². The van der Waals surface area contributed by atoms with Crippen LogP contribution in [0.3, 0.4) is 0 Å². The number of aromatic nitrogens is 3. The lowest BCUT2D eigenvalue weighted by Gasteiger charge is -2.24. The Hall–Kier alpha value is -3.44. The maximum atomic E-state index is 6.09. The van der Waals surface area contributed by atoms with Gasteiger partial charge in [-0.05, 0) is 41.0 Å². The number of ether oxygens (including phenoxy) is 1. The smallest absolute Gasteiger partial charge is 0.217 e. The van der Waals surface area contributed by atoms with E-state index in [1.54, 1.807) is 11.0 Å². The van der Waals surface area contributed by atoms with Crippen LogP contribution in [-0.4, -0.2) is 27.3 Å². The lowest BCUT2D eigenvalue weighted by molar-refractivity contribution is 0.230. The van der Waals surface area contributed by atoms with Gasteiger partial charge in [-0.1, -0.05) is 66.2 Å². The zero-order valence-corrected chi connectivity index (χ0v) is 16.9. The largest absolute Gasteiger partial charge is 0.474 e. The van der Waals surface area contributed by atoms with Gasteiger partial charge in [0.2, 0.25) is 5.90 Å². The quantitative estimate of drug-likeness (QED) is 0.463. The molecule has 1 aliphatic heterocycles. The molecule has 4 aromatic rings. The molecule has 148 valence electrons. The highest BCUT2D eigenvalue weighted by atomic mass is 35.5. The molecule has 0 radical (unpaired) electrons. The van der Waals surface area contributed by atoms with Gasteiger partial charge in [-0.15, -0.1) is 0 Å². The molecule has 1 aliphatic rings. The van der Waals surface area contributed by atoms with Crippen molar-refractivity contribution in [2.75, 3.05) is 6.61 Å². The molecule has 0 aliphatic carbocycles. The highest BCUT2D eigenvalue weighted by Gasteiger charge is 2.39. The molecule has 0 N–H and O–H groups in total. The van der Waals surface area contributed by atoms with Crippen molar-refractivity contribution in [2.24, 2.45) is 4.99 Å². The summed E-state index contributed by atoms with van der Waals surface area (Å²) in [5, 5.41) is 5.00. The number of halogens is 1. The molecular formula is C24H19ClN4O. The van der Waals surface area contributed by atoms with Crippen LogP contribution in [0.4, 0.5) is 0 Å². The highest BCUT2D eigenvalue weighted by Crippen LogP contribution is 2.34. The summed E-state index contributed by atoms with van der Waals surface area (Å²) in [5.74, 6) is 0.640. The Kier molecular flexibility index (Phi) is 4.81.